The van der Waals surface area contributed by atoms with Crippen LogP contribution in [-0.4, -0.2) is 43.3 Å². The zero-order valence-corrected chi connectivity index (χ0v) is 20.4. The first-order valence-electron chi connectivity index (χ1n) is 11.4. The van der Waals surface area contributed by atoms with Gasteiger partial charge in [0, 0.05) is 43.1 Å². The Kier molecular flexibility index (Phi) is 8.89. The van der Waals surface area contributed by atoms with E-state index in [4.69, 9.17) is 0 Å². The molecule has 0 bridgehead atoms. The quantitative estimate of drug-likeness (QED) is 0.375. The highest BCUT2D eigenvalue weighted by molar-refractivity contribution is 6.05. The molecule has 3 N–H and O–H groups in total. The number of hydrogen-bond acceptors (Lipinski definition) is 4. The number of alkyl halides is 3. The van der Waals surface area contributed by atoms with E-state index in [1.807, 2.05) is 24.3 Å². The van der Waals surface area contributed by atoms with Crippen LogP contribution < -0.4 is 16.0 Å². The van der Waals surface area contributed by atoms with Crippen LogP contribution in [0.2, 0.25) is 0 Å². The molecule has 194 valence electrons. The van der Waals surface area contributed by atoms with E-state index in [1.165, 1.54) is 24.3 Å². The number of nitrogens with zero attached hydrogens (tertiary/aromatic N) is 1. The van der Waals surface area contributed by atoms with Crippen molar-refractivity contribution in [1.29, 1.82) is 0 Å². The lowest BCUT2D eigenvalue weighted by atomic mass is 10.1. The number of carbonyl (C=O) groups excluding carboxylic acids is 3. The van der Waals surface area contributed by atoms with Gasteiger partial charge >= 0.3 is 6.18 Å². The van der Waals surface area contributed by atoms with E-state index in [1.54, 1.807) is 31.1 Å². The molecule has 3 amide bonds. The number of amides is 3. The molecule has 0 aromatic heterocycles. The van der Waals surface area contributed by atoms with Gasteiger partial charge < -0.3 is 20.9 Å². The van der Waals surface area contributed by atoms with Crippen molar-refractivity contribution in [3.63, 3.8) is 0 Å². The second kappa shape index (κ2) is 12.1. The van der Waals surface area contributed by atoms with Crippen LogP contribution >= 0.6 is 0 Å². The normalized spacial score (nSPS) is 10.9. The summed E-state index contributed by atoms with van der Waals surface area (Å²) in [6.07, 6.45) is -3.48. The van der Waals surface area contributed by atoms with Crippen molar-refractivity contribution in [2.24, 2.45) is 0 Å². The molecule has 0 heterocycles. The van der Waals surface area contributed by atoms with Gasteiger partial charge in [0.25, 0.3) is 5.91 Å². The highest BCUT2D eigenvalue weighted by Crippen LogP contribution is 2.30. The summed E-state index contributed by atoms with van der Waals surface area (Å²) in [5, 5.41) is 8.12. The average molecular weight is 513 g/mol. The molecule has 0 unspecified atom stereocenters. The summed E-state index contributed by atoms with van der Waals surface area (Å²) < 4.78 is 38.7. The van der Waals surface area contributed by atoms with E-state index in [9.17, 15) is 27.6 Å². The van der Waals surface area contributed by atoms with Crippen LogP contribution in [-0.2, 0) is 22.2 Å². The number of anilines is 3. The third-order valence-electron chi connectivity index (χ3n) is 5.39. The molecule has 0 saturated heterocycles. The second-order valence-corrected chi connectivity index (χ2v) is 8.50. The maximum Gasteiger partial charge on any atom is 0.416 e. The Labute approximate surface area is 212 Å². The zero-order valence-electron chi connectivity index (χ0n) is 20.4. The van der Waals surface area contributed by atoms with Gasteiger partial charge in [-0.2, -0.15) is 13.2 Å². The SMILES string of the molecule is CN(C)C(=O)CCc1ccc(NCC(=O)Nc2cccc(C(=O)Nc3cccc(C(F)(F)F)c3)c2)cc1. The lowest BCUT2D eigenvalue weighted by Gasteiger charge is -2.12. The molecule has 3 aromatic rings. The molecule has 0 fully saturated rings. The van der Waals surface area contributed by atoms with Gasteiger partial charge in [-0.05, 0) is 60.5 Å². The van der Waals surface area contributed by atoms with Crippen LogP contribution in [0.25, 0.3) is 0 Å². The van der Waals surface area contributed by atoms with Gasteiger partial charge in [-0.15, -0.1) is 0 Å². The number of nitrogens with one attached hydrogen (secondary N) is 3. The fraction of sp³-hybridized carbons (Fsp3) is 0.222. The Balaban J connectivity index is 1.52. The maximum atomic E-state index is 12.9. The number of benzene rings is 3. The maximum absolute atomic E-state index is 12.9. The highest BCUT2D eigenvalue weighted by Gasteiger charge is 2.30. The largest absolute Gasteiger partial charge is 0.416 e. The lowest BCUT2D eigenvalue weighted by molar-refractivity contribution is -0.137. The molecule has 0 aliphatic carbocycles. The number of rotatable bonds is 9. The molecule has 0 atom stereocenters. The van der Waals surface area contributed by atoms with E-state index in [0.717, 1.165) is 23.4 Å². The Morgan fingerprint density at radius 3 is 2.11 bits per heavy atom. The van der Waals surface area contributed by atoms with Crippen LogP contribution in [0.1, 0.15) is 27.9 Å². The van der Waals surface area contributed by atoms with E-state index < -0.39 is 17.6 Å². The molecule has 3 rings (SSSR count). The van der Waals surface area contributed by atoms with Gasteiger partial charge in [0.1, 0.15) is 0 Å². The monoisotopic (exact) mass is 512 g/mol. The average Bonchev–Trinajstić information content (AvgIpc) is 2.86. The van der Waals surface area contributed by atoms with E-state index >= 15 is 0 Å². The molecule has 0 aliphatic rings. The minimum atomic E-state index is -4.52. The number of halogens is 3. The minimum Gasteiger partial charge on any atom is -0.376 e. The molecule has 0 aliphatic heterocycles. The number of aryl methyl sites for hydroxylation is 1. The lowest BCUT2D eigenvalue weighted by Crippen LogP contribution is -2.22. The number of carbonyl (C=O) groups is 3. The van der Waals surface area contributed by atoms with Gasteiger partial charge in [0.05, 0.1) is 12.1 Å². The van der Waals surface area contributed by atoms with Crippen LogP contribution in [0, 0.1) is 0 Å². The number of hydrogen-bond donors (Lipinski definition) is 3. The Bertz CT molecular complexity index is 1260. The Morgan fingerprint density at radius 2 is 1.46 bits per heavy atom. The predicted octanol–water partition coefficient (Wildman–Crippen LogP) is 5.03. The first-order chi connectivity index (χ1) is 17.5. The molecule has 3 aromatic carbocycles. The first kappa shape index (κ1) is 27.3. The smallest absolute Gasteiger partial charge is 0.376 e. The van der Waals surface area contributed by atoms with Gasteiger partial charge in [0.2, 0.25) is 11.8 Å². The van der Waals surface area contributed by atoms with Crippen LogP contribution in [0.5, 0.6) is 0 Å². The standard InChI is InChI=1S/C27H27F3N4O3/c1-34(2)25(36)14-11-18-9-12-21(13-10-18)31-17-24(35)32-22-7-3-5-19(15-22)26(37)33-23-8-4-6-20(16-23)27(28,29)30/h3-10,12-13,15-16,31H,11,14,17H2,1-2H3,(H,32,35)(H,33,37). The van der Waals surface area contributed by atoms with Gasteiger partial charge in [-0.25, -0.2) is 0 Å². The summed E-state index contributed by atoms with van der Waals surface area (Å²) in [6.45, 7) is -0.0287. The minimum absolute atomic E-state index is 0.00813. The van der Waals surface area contributed by atoms with Crippen molar-refractivity contribution in [1.82, 2.24) is 4.90 Å². The summed E-state index contributed by atoms with van der Waals surface area (Å²) in [5.41, 5.74) is 1.41. The van der Waals surface area contributed by atoms with Crippen LogP contribution in [0.4, 0.5) is 30.2 Å². The van der Waals surface area contributed by atoms with Crippen molar-refractivity contribution in [2.75, 3.05) is 36.6 Å². The molecule has 7 nitrogen and oxygen atoms in total. The van der Waals surface area contributed by atoms with Gasteiger partial charge in [-0.1, -0.05) is 24.3 Å². The highest BCUT2D eigenvalue weighted by atomic mass is 19.4. The molecule has 0 spiro atoms. The second-order valence-electron chi connectivity index (χ2n) is 8.50. The predicted molar refractivity (Wildman–Crippen MR) is 136 cm³/mol. The van der Waals surface area contributed by atoms with E-state index in [2.05, 4.69) is 16.0 Å². The van der Waals surface area contributed by atoms with E-state index in [-0.39, 0.29) is 29.6 Å². The summed E-state index contributed by atoms with van der Waals surface area (Å²) >= 11 is 0. The van der Waals surface area contributed by atoms with Crippen LogP contribution in [0.15, 0.2) is 72.8 Å². The summed E-state index contributed by atoms with van der Waals surface area (Å²) in [7, 11) is 3.43. The molecular formula is C27H27F3N4O3. The van der Waals surface area contributed by atoms with Crippen LogP contribution in [0.3, 0.4) is 0 Å². The fourth-order valence-corrected chi connectivity index (χ4v) is 3.37. The van der Waals surface area contributed by atoms with E-state index in [0.29, 0.717) is 18.5 Å². The van der Waals surface area contributed by atoms with Gasteiger partial charge in [-0.3, -0.25) is 14.4 Å². The zero-order chi connectivity index (χ0) is 27.0. The van der Waals surface area contributed by atoms with Crippen molar-refractivity contribution in [3.8, 4) is 0 Å². The summed E-state index contributed by atoms with van der Waals surface area (Å²) in [6, 6.07) is 17.8. The van der Waals surface area contributed by atoms with Crippen molar-refractivity contribution >= 4 is 34.8 Å². The van der Waals surface area contributed by atoms with Crippen molar-refractivity contribution in [3.05, 3.63) is 89.5 Å². The third kappa shape index (κ3) is 8.38. The molecule has 0 radical (unpaired) electrons. The molecular weight excluding hydrogens is 485 g/mol. The van der Waals surface area contributed by atoms with Crippen molar-refractivity contribution in [2.45, 2.75) is 19.0 Å². The fourth-order valence-electron chi connectivity index (χ4n) is 3.37. The topological polar surface area (TPSA) is 90.5 Å². The Morgan fingerprint density at radius 1 is 0.811 bits per heavy atom. The molecule has 10 heteroatoms. The first-order valence-corrected chi connectivity index (χ1v) is 11.4. The summed E-state index contributed by atoms with van der Waals surface area (Å²) in [4.78, 5) is 38.2. The molecule has 0 saturated carbocycles. The van der Waals surface area contributed by atoms with Gasteiger partial charge in [0.15, 0.2) is 0 Å². The Hall–Kier alpha value is -4.34. The third-order valence-corrected chi connectivity index (χ3v) is 5.39. The molecule has 37 heavy (non-hydrogen) atoms. The summed E-state index contributed by atoms with van der Waals surface area (Å²) in [5.74, 6) is -0.909. The van der Waals surface area contributed by atoms with Crippen molar-refractivity contribution < 1.29 is 27.6 Å².